The monoisotopic (exact) mass is 351 g/mol. The van der Waals surface area contributed by atoms with E-state index in [-0.39, 0.29) is 5.91 Å². The van der Waals surface area contributed by atoms with Crippen LogP contribution in [0.15, 0.2) is 65.8 Å². The molecular weight excluding hydrogens is 334 g/mol. The lowest BCUT2D eigenvalue weighted by molar-refractivity contribution is 0.0955. The molecule has 1 heterocycles. The standard InChI is InChI=1S/C20H18ClN3O/c1-14-11-17(15(2)24(14)19-9-4-3-5-10-19)13-22-23-20(25)16-7-6-8-18(21)12-16/h3-13H,1-2H3,(H,23,25). The lowest BCUT2D eigenvalue weighted by Crippen LogP contribution is -2.17. The van der Waals surface area contributed by atoms with Crippen LogP contribution >= 0.6 is 11.6 Å². The van der Waals surface area contributed by atoms with E-state index >= 15 is 0 Å². The smallest absolute Gasteiger partial charge is 0.271 e. The minimum absolute atomic E-state index is 0.296. The van der Waals surface area contributed by atoms with Crippen LogP contribution in [0.3, 0.4) is 0 Å². The summed E-state index contributed by atoms with van der Waals surface area (Å²) >= 11 is 5.90. The van der Waals surface area contributed by atoms with Crippen LogP contribution in [0.2, 0.25) is 5.02 Å². The highest BCUT2D eigenvalue weighted by molar-refractivity contribution is 6.30. The van der Waals surface area contributed by atoms with Gasteiger partial charge in [-0.2, -0.15) is 5.10 Å². The van der Waals surface area contributed by atoms with Gasteiger partial charge in [-0.1, -0.05) is 35.9 Å². The number of aryl methyl sites for hydroxylation is 1. The first-order chi connectivity index (χ1) is 12.1. The number of carbonyl (C=O) groups excluding carboxylic acids is 1. The summed E-state index contributed by atoms with van der Waals surface area (Å²) in [5.41, 5.74) is 7.22. The maximum atomic E-state index is 12.1. The third-order valence-electron chi connectivity index (χ3n) is 3.94. The number of hydrazone groups is 1. The molecule has 5 heteroatoms. The van der Waals surface area contributed by atoms with Gasteiger partial charge in [-0.3, -0.25) is 4.79 Å². The fraction of sp³-hybridized carbons (Fsp3) is 0.100. The van der Waals surface area contributed by atoms with Gasteiger partial charge in [0.25, 0.3) is 5.91 Å². The third-order valence-corrected chi connectivity index (χ3v) is 4.18. The molecule has 0 bridgehead atoms. The first-order valence-corrected chi connectivity index (χ1v) is 8.27. The number of para-hydroxylation sites is 1. The SMILES string of the molecule is Cc1cc(C=NNC(=O)c2cccc(Cl)c2)c(C)n1-c1ccccc1. The number of halogens is 1. The fourth-order valence-corrected chi connectivity index (χ4v) is 2.94. The van der Waals surface area contributed by atoms with Gasteiger partial charge in [-0.15, -0.1) is 0 Å². The summed E-state index contributed by atoms with van der Waals surface area (Å²) in [6.45, 7) is 4.07. The van der Waals surface area contributed by atoms with Crippen molar-refractivity contribution in [1.29, 1.82) is 0 Å². The number of carbonyl (C=O) groups is 1. The molecule has 1 amide bonds. The second kappa shape index (κ2) is 7.36. The lowest BCUT2D eigenvalue weighted by atomic mass is 10.2. The molecule has 0 saturated carbocycles. The highest BCUT2D eigenvalue weighted by Crippen LogP contribution is 2.19. The Morgan fingerprint density at radius 1 is 1.08 bits per heavy atom. The van der Waals surface area contributed by atoms with Crippen LogP contribution in [0, 0.1) is 13.8 Å². The predicted octanol–water partition coefficient (Wildman–Crippen LogP) is 4.51. The van der Waals surface area contributed by atoms with E-state index in [1.54, 1.807) is 30.5 Å². The molecular formula is C20H18ClN3O. The molecule has 0 saturated heterocycles. The zero-order chi connectivity index (χ0) is 17.8. The first-order valence-electron chi connectivity index (χ1n) is 7.89. The molecule has 126 valence electrons. The van der Waals surface area contributed by atoms with Crippen LogP contribution in [-0.2, 0) is 0 Å². The minimum atomic E-state index is -0.296. The number of rotatable bonds is 4. The van der Waals surface area contributed by atoms with E-state index in [0.717, 1.165) is 22.6 Å². The van der Waals surface area contributed by atoms with Crippen LogP contribution in [0.5, 0.6) is 0 Å². The van der Waals surface area contributed by atoms with Crippen molar-refractivity contribution < 1.29 is 4.79 Å². The fourth-order valence-electron chi connectivity index (χ4n) is 2.75. The molecule has 0 radical (unpaired) electrons. The Balaban J connectivity index is 1.77. The molecule has 0 spiro atoms. The molecule has 0 fully saturated rings. The minimum Gasteiger partial charge on any atom is -0.318 e. The van der Waals surface area contributed by atoms with Crippen LogP contribution in [0.4, 0.5) is 0 Å². The van der Waals surface area contributed by atoms with Gasteiger partial charge in [0.05, 0.1) is 6.21 Å². The molecule has 0 unspecified atom stereocenters. The number of aromatic nitrogens is 1. The highest BCUT2D eigenvalue weighted by Gasteiger charge is 2.09. The molecule has 0 aliphatic rings. The molecule has 4 nitrogen and oxygen atoms in total. The van der Waals surface area contributed by atoms with Crippen LogP contribution in [0.1, 0.15) is 27.3 Å². The Kier molecular flexibility index (Phi) is 5.00. The van der Waals surface area contributed by atoms with E-state index in [1.165, 1.54) is 0 Å². The average Bonchev–Trinajstić information content (AvgIpc) is 2.89. The Labute approximate surface area is 151 Å². The number of hydrogen-bond acceptors (Lipinski definition) is 2. The Morgan fingerprint density at radius 3 is 2.56 bits per heavy atom. The van der Waals surface area contributed by atoms with Crippen molar-refractivity contribution in [3.63, 3.8) is 0 Å². The van der Waals surface area contributed by atoms with Crippen molar-refractivity contribution in [3.8, 4) is 5.69 Å². The molecule has 25 heavy (non-hydrogen) atoms. The summed E-state index contributed by atoms with van der Waals surface area (Å²) in [5.74, 6) is -0.296. The third kappa shape index (κ3) is 3.80. The summed E-state index contributed by atoms with van der Waals surface area (Å²) in [4.78, 5) is 12.1. The quantitative estimate of drug-likeness (QED) is 0.545. The van der Waals surface area contributed by atoms with Gasteiger partial charge in [0.15, 0.2) is 0 Å². The second-order valence-electron chi connectivity index (χ2n) is 5.71. The van der Waals surface area contributed by atoms with E-state index in [4.69, 9.17) is 11.6 Å². The van der Waals surface area contributed by atoms with Gasteiger partial charge in [0.2, 0.25) is 0 Å². The van der Waals surface area contributed by atoms with Gasteiger partial charge in [0.1, 0.15) is 0 Å². The van der Waals surface area contributed by atoms with Crippen molar-refractivity contribution in [1.82, 2.24) is 9.99 Å². The Hall–Kier alpha value is -2.85. The number of nitrogens with zero attached hydrogens (tertiary/aromatic N) is 2. The van der Waals surface area contributed by atoms with Crippen LogP contribution in [0.25, 0.3) is 5.69 Å². The van der Waals surface area contributed by atoms with E-state index in [9.17, 15) is 4.79 Å². The molecule has 0 atom stereocenters. The zero-order valence-electron chi connectivity index (χ0n) is 14.0. The van der Waals surface area contributed by atoms with Crippen molar-refractivity contribution in [2.75, 3.05) is 0 Å². The molecule has 3 rings (SSSR count). The Bertz CT molecular complexity index is 929. The molecule has 0 aliphatic carbocycles. The average molecular weight is 352 g/mol. The normalized spacial score (nSPS) is 11.0. The van der Waals surface area contributed by atoms with Crippen LogP contribution in [-0.4, -0.2) is 16.7 Å². The van der Waals surface area contributed by atoms with Crippen molar-refractivity contribution >= 4 is 23.7 Å². The summed E-state index contributed by atoms with van der Waals surface area (Å²) in [7, 11) is 0. The van der Waals surface area contributed by atoms with Crippen LogP contribution < -0.4 is 5.43 Å². The first kappa shape index (κ1) is 17.0. The summed E-state index contributed by atoms with van der Waals surface area (Å²) in [6, 6.07) is 18.9. The lowest BCUT2D eigenvalue weighted by Gasteiger charge is -2.08. The molecule has 3 aromatic rings. The van der Waals surface area contributed by atoms with Crippen molar-refractivity contribution in [2.24, 2.45) is 5.10 Å². The van der Waals surface area contributed by atoms with E-state index in [0.29, 0.717) is 10.6 Å². The molecule has 1 N–H and O–H groups in total. The topological polar surface area (TPSA) is 46.4 Å². The number of benzene rings is 2. The largest absolute Gasteiger partial charge is 0.318 e. The highest BCUT2D eigenvalue weighted by atomic mass is 35.5. The number of amides is 1. The van der Waals surface area contributed by atoms with E-state index in [1.807, 2.05) is 38.1 Å². The zero-order valence-corrected chi connectivity index (χ0v) is 14.8. The van der Waals surface area contributed by atoms with Gasteiger partial charge < -0.3 is 4.57 Å². The summed E-state index contributed by atoms with van der Waals surface area (Å²) in [5, 5.41) is 4.59. The number of hydrogen-bond donors (Lipinski definition) is 1. The molecule has 2 aromatic carbocycles. The van der Waals surface area contributed by atoms with Gasteiger partial charge >= 0.3 is 0 Å². The van der Waals surface area contributed by atoms with Gasteiger partial charge in [-0.25, -0.2) is 5.43 Å². The van der Waals surface area contributed by atoms with E-state index in [2.05, 4.69) is 27.2 Å². The Morgan fingerprint density at radius 2 is 1.84 bits per heavy atom. The molecule has 0 aliphatic heterocycles. The predicted molar refractivity (Wildman–Crippen MR) is 102 cm³/mol. The summed E-state index contributed by atoms with van der Waals surface area (Å²) < 4.78 is 2.15. The second-order valence-corrected chi connectivity index (χ2v) is 6.14. The van der Waals surface area contributed by atoms with Crippen molar-refractivity contribution in [2.45, 2.75) is 13.8 Å². The summed E-state index contributed by atoms with van der Waals surface area (Å²) in [6.07, 6.45) is 1.66. The maximum absolute atomic E-state index is 12.1. The maximum Gasteiger partial charge on any atom is 0.271 e. The van der Waals surface area contributed by atoms with Crippen molar-refractivity contribution in [3.05, 3.63) is 88.2 Å². The van der Waals surface area contributed by atoms with Gasteiger partial charge in [0, 0.05) is 33.2 Å². The van der Waals surface area contributed by atoms with E-state index < -0.39 is 0 Å². The number of nitrogens with one attached hydrogen (secondary N) is 1. The van der Waals surface area contributed by atoms with Gasteiger partial charge in [-0.05, 0) is 50.2 Å². The molecule has 1 aromatic heterocycles.